The first-order valence-corrected chi connectivity index (χ1v) is 19.7. The van der Waals surface area contributed by atoms with E-state index < -0.39 is 0 Å². The summed E-state index contributed by atoms with van der Waals surface area (Å²) in [5.74, 6) is 1.60. The van der Waals surface area contributed by atoms with Crippen LogP contribution in [0.4, 0.5) is 0 Å². The van der Waals surface area contributed by atoms with Crippen LogP contribution in [0.2, 0.25) is 0 Å². The number of rotatable bonds is 7. The molecule has 4 nitrogen and oxygen atoms in total. The first kappa shape index (κ1) is 33.5. The van der Waals surface area contributed by atoms with Crippen molar-refractivity contribution >= 4 is 32.6 Å². The molecule has 0 aliphatic carbocycles. The van der Waals surface area contributed by atoms with Gasteiger partial charge in [-0.15, -0.1) is 10.2 Å². The highest BCUT2D eigenvalue weighted by molar-refractivity contribution is 6.09. The van der Waals surface area contributed by atoms with Crippen LogP contribution in [0.5, 0.6) is 0 Å². The molecule has 0 saturated heterocycles. The molecule has 58 heavy (non-hydrogen) atoms. The number of nitrogens with zero attached hydrogens (tertiary/aromatic N) is 4. The molecule has 9 aromatic carbocycles. The predicted molar refractivity (Wildman–Crippen MR) is 240 cm³/mol. The summed E-state index contributed by atoms with van der Waals surface area (Å²) in [7, 11) is 0. The van der Waals surface area contributed by atoms with E-state index in [9.17, 15) is 0 Å². The van der Waals surface area contributed by atoms with Crippen LogP contribution in [0.1, 0.15) is 0 Å². The SMILES string of the molecule is c1ccc(-n2c(-c3ccc(-c4ccccc4-c4ccccc4-c4ccc(-n5c6ccccc6c6ccccc65)cc4)cc3)nnc2-c2ccc3ccccc3c2)cc1. The Kier molecular flexibility index (Phi) is 8.11. The lowest BCUT2D eigenvalue weighted by Crippen LogP contribution is -2.00. The van der Waals surface area contributed by atoms with Crippen molar-refractivity contribution in [3.63, 3.8) is 0 Å². The van der Waals surface area contributed by atoms with Crippen molar-refractivity contribution < 1.29 is 0 Å². The van der Waals surface area contributed by atoms with Crippen molar-refractivity contribution in [3.8, 4) is 67.5 Å². The van der Waals surface area contributed by atoms with E-state index in [0.29, 0.717) is 0 Å². The topological polar surface area (TPSA) is 35.6 Å². The second-order valence-electron chi connectivity index (χ2n) is 14.7. The maximum absolute atomic E-state index is 4.80. The molecule has 4 heteroatoms. The minimum absolute atomic E-state index is 0.795. The van der Waals surface area contributed by atoms with Gasteiger partial charge in [0, 0.05) is 33.3 Å². The molecular formula is C54H36N4. The lowest BCUT2D eigenvalue weighted by molar-refractivity contribution is 1.07. The van der Waals surface area contributed by atoms with Gasteiger partial charge < -0.3 is 4.57 Å². The number of para-hydroxylation sites is 3. The van der Waals surface area contributed by atoms with Crippen molar-refractivity contribution in [1.82, 2.24) is 19.3 Å². The molecule has 0 radical (unpaired) electrons. The first-order chi connectivity index (χ1) is 28.8. The van der Waals surface area contributed by atoms with Gasteiger partial charge in [-0.1, -0.05) is 176 Å². The van der Waals surface area contributed by atoms with Crippen LogP contribution in [0, 0.1) is 0 Å². The average Bonchev–Trinajstić information content (AvgIpc) is 3.90. The maximum atomic E-state index is 4.80. The Morgan fingerprint density at radius 3 is 1.33 bits per heavy atom. The number of benzene rings is 9. The number of fused-ring (bicyclic) bond motifs is 4. The normalized spacial score (nSPS) is 11.4. The third-order valence-corrected chi connectivity index (χ3v) is 11.3. The summed E-state index contributed by atoms with van der Waals surface area (Å²) in [6, 6.07) is 77.8. The number of hydrogen-bond donors (Lipinski definition) is 0. The van der Waals surface area contributed by atoms with Crippen molar-refractivity contribution in [2.45, 2.75) is 0 Å². The van der Waals surface area contributed by atoms with Crippen molar-refractivity contribution in [1.29, 1.82) is 0 Å². The van der Waals surface area contributed by atoms with E-state index in [4.69, 9.17) is 10.2 Å². The molecule has 0 spiro atoms. The summed E-state index contributed by atoms with van der Waals surface area (Å²) >= 11 is 0. The summed E-state index contributed by atoms with van der Waals surface area (Å²) in [5.41, 5.74) is 13.6. The standard InChI is InChI=1S/C54H36N4/c1-2-16-43(17-3-1)58-53(55-56-54(58)42-31-26-37-14-4-5-15-41(37)36-42)40-29-27-38(28-30-40)45-18-6-8-20-47(45)48-21-9-7-19-46(48)39-32-34-44(35-33-39)57-51-24-12-10-22-49(51)50-23-11-13-25-52(50)57/h1-36H. The van der Waals surface area contributed by atoms with Crippen LogP contribution in [-0.4, -0.2) is 19.3 Å². The summed E-state index contributed by atoms with van der Waals surface area (Å²) in [6.07, 6.45) is 0. The van der Waals surface area contributed by atoms with Gasteiger partial charge in [-0.25, -0.2) is 0 Å². The van der Waals surface area contributed by atoms with Crippen molar-refractivity contribution in [2.75, 3.05) is 0 Å². The summed E-state index contributed by atoms with van der Waals surface area (Å²) in [4.78, 5) is 0. The second-order valence-corrected chi connectivity index (χ2v) is 14.7. The minimum Gasteiger partial charge on any atom is -0.309 e. The van der Waals surface area contributed by atoms with Crippen LogP contribution in [0.25, 0.3) is 100 Å². The molecule has 2 aromatic heterocycles. The van der Waals surface area contributed by atoms with Gasteiger partial charge in [0.2, 0.25) is 0 Å². The zero-order chi connectivity index (χ0) is 38.4. The third kappa shape index (κ3) is 5.70. The van der Waals surface area contributed by atoms with Crippen LogP contribution in [0.15, 0.2) is 218 Å². The highest BCUT2D eigenvalue weighted by Gasteiger charge is 2.19. The fraction of sp³-hybridized carbons (Fsp3) is 0. The molecule has 0 aliphatic heterocycles. The van der Waals surface area contributed by atoms with Crippen LogP contribution < -0.4 is 0 Å². The van der Waals surface area contributed by atoms with E-state index in [0.717, 1.165) is 39.7 Å². The first-order valence-electron chi connectivity index (χ1n) is 19.7. The molecule has 0 N–H and O–H groups in total. The molecule has 11 aromatic rings. The largest absolute Gasteiger partial charge is 0.309 e. The molecule has 0 amide bonds. The highest BCUT2D eigenvalue weighted by atomic mass is 15.3. The molecule has 272 valence electrons. The van der Waals surface area contributed by atoms with Crippen LogP contribution in [-0.2, 0) is 0 Å². The van der Waals surface area contributed by atoms with Gasteiger partial charge in [0.05, 0.1) is 11.0 Å². The Morgan fingerprint density at radius 1 is 0.276 bits per heavy atom. The van der Waals surface area contributed by atoms with E-state index in [1.54, 1.807) is 0 Å². The molecule has 0 bridgehead atoms. The minimum atomic E-state index is 0.795. The Labute approximate surface area is 336 Å². The van der Waals surface area contributed by atoms with Gasteiger partial charge in [-0.05, 0) is 86.6 Å². The Balaban J connectivity index is 0.956. The van der Waals surface area contributed by atoms with Gasteiger partial charge >= 0.3 is 0 Å². The number of hydrogen-bond acceptors (Lipinski definition) is 2. The third-order valence-electron chi connectivity index (χ3n) is 11.3. The molecular weight excluding hydrogens is 705 g/mol. The van der Waals surface area contributed by atoms with Gasteiger partial charge in [0.1, 0.15) is 0 Å². The van der Waals surface area contributed by atoms with Crippen LogP contribution >= 0.6 is 0 Å². The zero-order valence-electron chi connectivity index (χ0n) is 31.6. The van der Waals surface area contributed by atoms with Crippen LogP contribution in [0.3, 0.4) is 0 Å². The monoisotopic (exact) mass is 740 g/mol. The molecule has 11 rings (SSSR count). The Bertz CT molecular complexity index is 3210. The molecule has 0 atom stereocenters. The number of aromatic nitrogens is 4. The van der Waals surface area contributed by atoms with E-state index in [2.05, 4.69) is 221 Å². The fourth-order valence-electron chi connectivity index (χ4n) is 8.54. The summed E-state index contributed by atoms with van der Waals surface area (Å²) in [5, 5.41) is 14.5. The fourth-order valence-corrected chi connectivity index (χ4v) is 8.54. The second kappa shape index (κ2) is 14.0. The molecule has 0 aliphatic rings. The van der Waals surface area contributed by atoms with Crippen molar-refractivity contribution in [2.24, 2.45) is 0 Å². The lowest BCUT2D eigenvalue weighted by Gasteiger charge is -2.16. The Hall–Kier alpha value is -7.82. The van der Waals surface area contributed by atoms with Gasteiger partial charge in [0.25, 0.3) is 0 Å². The quantitative estimate of drug-likeness (QED) is 0.163. The lowest BCUT2D eigenvalue weighted by atomic mass is 9.89. The molecule has 0 unspecified atom stereocenters. The zero-order valence-corrected chi connectivity index (χ0v) is 31.6. The molecule has 0 fully saturated rings. The van der Waals surface area contributed by atoms with Crippen molar-refractivity contribution in [3.05, 3.63) is 218 Å². The summed E-state index contributed by atoms with van der Waals surface area (Å²) < 4.78 is 4.53. The van der Waals surface area contributed by atoms with E-state index in [1.807, 2.05) is 6.07 Å². The maximum Gasteiger partial charge on any atom is 0.168 e. The molecule has 2 heterocycles. The van der Waals surface area contributed by atoms with Gasteiger partial charge in [-0.3, -0.25) is 4.57 Å². The predicted octanol–water partition coefficient (Wildman–Crippen LogP) is 13.9. The summed E-state index contributed by atoms with van der Waals surface area (Å²) in [6.45, 7) is 0. The van der Waals surface area contributed by atoms with E-state index in [1.165, 1.54) is 60.4 Å². The Morgan fingerprint density at radius 2 is 0.707 bits per heavy atom. The van der Waals surface area contributed by atoms with Gasteiger partial charge in [0.15, 0.2) is 11.6 Å². The highest BCUT2D eigenvalue weighted by Crippen LogP contribution is 2.40. The van der Waals surface area contributed by atoms with E-state index in [-0.39, 0.29) is 0 Å². The van der Waals surface area contributed by atoms with Gasteiger partial charge in [-0.2, -0.15) is 0 Å². The molecule has 0 saturated carbocycles. The smallest absolute Gasteiger partial charge is 0.168 e. The average molecular weight is 741 g/mol. The van der Waals surface area contributed by atoms with E-state index >= 15 is 0 Å².